The largest absolute Gasteiger partial charge is 0.474 e. The zero-order valence-electron chi connectivity index (χ0n) is 11.6. The van der Waals surface area contributed by atoms with E-state index in [-0.39, 0.29) is 0 Å². The van der Waals surface area contributed by atoms with Gasteiger partial charge in [0.05, 0.1) is 0 Å². The van der Waals surface area contributed by atoms with Crippen molar-refractivity contribution < 1.29 is 17.6 Å². The Bertz CT molecular complexity index is 319. The van der Waals surface area contributed by atoms with Crippen LogP contribution >= 0.6 is 15.0 Å². The molecule has 0 aliphatic carbocycles. The van der Waals surface area contributed by atoms with E-state index in [1.165, 1.54) is 0 Å². The lowest BCUT2D eigenvalue weighted by molar-refractivity contribution is 0.353. The minimum Gasteiger partial charge on any atom is -0.474 e. The van der Waals surface area contributed by atoms with E-state index in [4.69, 9.17) is 0 Å². The molecule has 0 amide bonds. The number of nitrogens with zero attached hydrogens (tertiary/aromatic N) is 2. The van der Waals surface area contributed by atoms with Crippen molar-refractivity contribution in [2.75, 3.05) is 39.0 Å². The first-order valence-electron chi connectivity index (χ1n) is 6.03. The van der Waals surface area contributed by atoms with Crippen LogP contribution in [0.3, 0.4) is 0 Å². The van der Waals surface area contributed by atoms with Crippen LogP contribution in [0.4, 0.5) is 0 Å². The molecule has 6 nitrogen and oxygen atoms in total. The van der Waals surface area contributed by atoms with E-state index in [2.05, 4.69) is 3.58 Å². The summed E-state index contributed by atoms with van der Waals surface area (Å²) in [6, 6.07) is 0. The monoisotopic (exact) mass is 312 g/mol. The Kier molecular flexibility index (Phi) is 8.57. The molecule has 18 heavy (non-hydrogen) atoms. The molecule has 0 aromatic carbocycles. The van der Waals surface area contributed by atoms with Crippen LogP contribution < -0.4 is 0 Å². The molecule has 0 aromatic heterocycles. The Morgan fingerprint density at radius 3 is 1.78 bits per heavy atom. The molecule has 106 valence electrons. The SMILES string of the molecule is CCN1CCN(CC)P1(=O)O.CCP(C)(=O)[O][Al]. The minimum atomic E-state index is -3.10. The van der Waals surface area contributed by atoms with Crippen molar-refractivity contribution in [1.29, 1.82) is 0 Å². The van der Waals surface area contributed by atoms with Crippen molar-refractivity contribution in [3.63, 3.8) is 0 Å². The van der Waals surface area contributed by atoms with E-state index in [0.29, 0.717) is 19.3 Å². The van der Waals surface area contributed by atoms with Gasteiger partial charge in [-0.2, -0.15) is 0 Å². The molecule has 1 aliphatic rings. The van der Waals surface area contributed by atoms with Gasteiger partial charge in [0.2, 0.25) is 0 Å². The molecule has 1 rings (SSSR count). The molecule has 0 saturated carbocycles. The molecule has 1 aliphatic heterocycles. The number of hydrogen-bond donors (Lipinski definition) is 1. The molecule has 0 bridgehead atoms. The van der Waals surface area contributed by atoms with Gasteiger partial charge in [0.15, 0.2) is 7.37 Å². The number of likely N-dealkylation sites (N-methyl/N-ethyl adjacent to an activating group) is 2. The molecule has 1 saturated heterocycles. The van der Waals surface area contributed by atoms with Crippen molar-refractivity contribution in [3.05, 3.63) is 0 Å². The third kappa shape index (κ3) is 5.45. The van der Waals surface area contributed by atoms with Crippen molar-refractivity contribution in [2.24, 2.45) is 0 Å². The second kappa shape index (κ2) is 8.19. The first-order chi connectivity index (χ1) is 8.25. The third-order valence-corrected chi connectivity index (χ3v) is 8.25. The minimum absolute atomic E-state index is 0.608. The molecule has 1 fully saturated rings. The normalized spacial score (nSPS) is 23.2. The predicted octanol–water partition coefficient (Wildman–Crippen LogP) is 1.76. The molecule has 0 aromatic rings. The summed E-state index contributed by atoms with van der Waals surface area (Å²) in [5.74, 6) is 0. The van der Waals surface area contributed by atoms with Gasteiger partial charge >= 0.3 is 24.3 Å². The van der Waals surface area contributed by atoms with Crippen LogP contribution in [0.1, 0.15) is 20.8 Å². The van der Waals surface area contributed by atoms with Crippen LogP contribution in [0, 0.1) is 0 Å². The van der Waals surface area contributed by atoms with Gasteiger partial charge in [0.25, 0.3) is 0 Å². The van der Waals surface area contributed by atoms with E-state index in [1.807, 2.05) is 37.4 Å². The standard InChI is InChI=1S/C6H15N2O2P.C3H9O2P.Al/c1-3-7-5-6-8(4-2)11(7,9)10;1-3-6(2,4)5;/h3-6H2,1-2H3,(H,9,10);3H2,1-2H3,(H,4,5);/q;;+1/p-1. The van der Waals surface area contributed by atoms with Gasteiger partial charge in [-0.3, -0.25) is 9.13 Å². The Hall–Kier alpha value is 0.832. The maximum Gasteiger partial charge on any atom is 0.381 e. The Balaban J connectivity index is 0.000000360. The predicted molar refractivity (Wildman–Crippen MR) is 75.2 cm³/mol. The van der Waals surface area contributed by atoms with E-state index < -0.39 is 15.0 Å². The fourth-order valence-electron chi connectivity index (χ4n) is 1.43. The lowest BCUT2D eigenvalue weighted by Crippen LogP contribution is -2.18. The molecular weight excluding hydrogens is 289 g/mol. The van der Waals surface area contributed by atoms with Crippen LogP contribution in [0.25, 0.3) is 0 Å². The van der Waals surface area contributed by atoms with E-state index in [0.717, 1.165) is 13.1 Å². The van der Waals surface area contributed by atoms with E-state index in [9.17, 15) is 14.0 Å². The van der Waals surface area contributed by atoms with Crippen LogP contribution in [-0.2, 0) is 12.7 Å². The summed E-state index contributed by atoms with van der Waals surface area (Å²) in [4.78, 5) is 9.52. The first-order valence-corrected chi connectivity index (χ1v) is 10.3. The van der Waals surface area contributed by atoms with Crippen LogP contribution in [0.2, 0.25) is 0 Å². The van der Waals surface area contributed by atoms with Gasteiger partial charge in [-0.25, -0.2) is 9.34 Å². The van der Waals surface area contributed by atoms with Gasteiger partial charge in [0.1, 0.15) is 0 Å². The van der Waals surface area contributed by atoms with Gasteiger partial charge < -0.3 is 8.47 Å². The molecule has 1 unspecified atom stereocenters. The van der Waals surface area contributed by atoms with Gasteiger partial charge in [-0.05, 0) is 0 Å². The molecule has 9 heteroatoms. The molecule has 1 atom stereocenters. The zero-order valence-corrected chi connectivity index (χ0v) is 14.5. The first kappa shape index (κ1) is 18.8. The fourth-order valence-corrected chi connectivity index (χ4v) is 3.82. The van der Waals surface area contributed by atoms with Crippen molar-refractivity contribution in [3.8, 4) is 0 Å². The maximum absolute atomic E-state index is 11.5. The molecule has 0 spiro atoms. The van der Waals surface area contributed by atoms with Crippen molar-refractivity contribution >= 4 is 31.7 Å². The highest BCUT2D eigenvalue weighted by molar-refractivity contribution is 7.58. The smallest absolute Gasteiger partial charge is 0.381 e. The maximum atomic E-state index is 11.5. The summed E-state index contributed by atoms with van der Waals surface area (Å²) in [5.41, 5.74) is 0. The number of rotatable bonds is 4. The average Bonchev–Trinajstić information content (AvgIpc) is 2.64. The van der Waals surface area contributed by atoms with E-state index in [1.54, 1.807) is 16.0 Å². The Morgan fingerprint density at radius 2 is 1.67 bits per heavy atom. The summed E-state index contributed by atoms with van der Waals surface area (Å²) in [6.07, 6.45) is 0.608. The third-order valence-electron chi connectivity index (χ3n) is 2.88. The molecule has 1 heterocycles. The van der Waals surface area contributed by atoms with E-state index >= 15 is 0 Å². The van der Waals surface area contributed by atoms with Crippen molar-refractivity contribution in [2.45, 2.75) is 20.8 Å². The Labute approximate surface area is 118 Å². The highest BCUT2D eigenvalue weighted by Crippen LogP contribution is 2.52. The zero-order chi connectivity index (χ0) is 14.4. The molecule has 2 radical (unpaired) electrons. The molecular formula is C9H23AlN2O4P2. The van der Waals surface area contributed by atoms with Crippen LogP contribution in [-0.4, -0.2) is 69.9 Å². The van der Waals surface area contributed by atoms with Gasteiger partial charge in [-0.1, -0.05) is 20.8 Å². The summed E-state index contributed by atoms with van der Waals surface area (Å²) in [6.45, 7) is 10.0. The average molecular weight is 312 g/mol. The summed E-state index contributed by atoms with van der Waals surface area (Å²) in [5, 5.41) is 0. The topological polar surface area (TPSA) is 70.1 Å². The summed E-state index contributed by atoms with van der Waals surface area (Å²) in [7, 11) is -5.29. The van der Waals surface area contributed by atoms with Crippen LogP contribution in [0.5, 0.6) is 0 Å². The lowest BCUT2D eigenvalue weighted by atomic mass is 10.6. The molecule has 1 N–H and O–H groups in total. The quantitative estimate of drug-likeness (QED) is 0.630. The Morgan fingerprint density at radius 1 is 1.28 bits per heavy atom. The second-order valence-electron chi connectivity index (χ2n) is 4.04. The lowest BCUT2D eigenvalue weighted by Gasteiger charge is -2.22. The van der Waals surface area contributed by atoms with Crippen molar-refractivity contribution in [1.82, 2.24) is 9.34 Å². The van der Waals surface area contributed by atoms with Gasteiger partial charge in [0, 0.05) is 39.0 Å². The fraction of sp³-hybridized carbons (Fsp3) is 1.00. The van der Waals surface area contributed by atoms with Gasteiger partial charge in [-0.15, -0.1) is 0 Å². The number of hydrogen-bond acceptors (Lipinski definition) is 3. The van der Waals surface area contributed by atoms with Crippen LogP contribution in [0.15, 0.2) is 0 Å². The summed E-state index contributed by atoms with van der Waals surface area (Å²) < 4.78 is 30.1. The second-order valence-corrected chi connectivity index (χ2v) is 9.70. The highest BCUT2D eigenvalue weighted by atomic mass is 31.2. The summed E-state index contributed by atoms with van der Waals surface area (Å²) >= 11 is 2.01. The highest BCUT2D eigenvalue weighted by Gasteiger charge is 2.39.